The van der Waals surface area contributed by atoms with Crippen molar-refractivity contribution in [3.8, 4) is 11.5 Å². The lowest BCUT2D eigenvalue weighted by molar-refractivity contribution is 0.472. The van der Waals surface area contributed by atoms with Crippen LogP contribution in [0.25, 0.3) is 0 Å². The largest absolute Gasteiger partial charge is 0.453 e. The summed E-state index contributed by atoms with van der Waals surface area (Å²) >= 11 is 0. The molecule has 19 heavy (non-hydrogen) atoms. The fourth-order valence-corrected chi connectivity index (χ4v) is 2.44. The maximum absolute atomic E-state index is 5.95. The molecule has 0 fully saturated rings. The summed E-state index contributed by atoms with van der Waals surface area (Å²) < 4.78 is 5.95. The van der Waals surface area contributed by atoms with Crippen LogP contribution in [0.15, 0.2) is 48.5 Å². The van der Waals surface area contributed by atoms with Gasteiger partial charge in [-0.05, 0) is 43.7 Å². The highest BCUT2D eigenvalue weighted by Gasteiger charge is 2.22. The highest BCUT2D eigenvalue weighted by atomic mass is 16.5. The number of nitrogens with two attached hydrogens (primary N) is 1. The van der Waals surface area contributed by atoms with Crippen molar-refractivity contribution in [1.82, 2.24) is 0 Å². The average Bonchev–Trinajstić information content (AvgIpc) is 2.46. The van der Waals surface area contributed by atoms with Gasteiger partial charge in [-0.1, -0.05) is 24.3 Å². The second kappa shape index (κ2) is 5.33. The predicted molar refractivity (Wildman–Crippen MR) is 78.3 cm³/mol. The van der Waals surface area contributed by atoms with Gasteiger partial charge in [-0.15, -0.1) is 0 Å². The maximum Gasteiger partial charge on any atom is 0.151 e. The van der Waals surface area contributed by atoms with Crippen molar-refractivity contribution in [3.05, 3.63) is 48.5 Å². The van der Waals surface area contributed by atoms with Crippen molar-refractivity contribution < 1.29 is 4.74 Å². The number of unbranched alkanes of at least 4 members (excludes halogenated alkanes) is 1. The van der Waals surface area contributed by atoms with E-state index in [0.29, 0.717) is 0 Å². The number of fused-ring (bicyclic) bond motifs is 2. The van der Waals surface area contributed by atoms with Gasteiger partial charge in [0.05, 0.1) is 11.4 Å². The quantitative estimate of drug-likeness (QED) is 0.846. The van der Waals surface area contributed by atoms with Gasteiger partial charge in [0.1, 0.15) is 0 Å². The van der Waals surface area contributed by atoms with Crippen molar-refractivity contribution >= 4 is 11.4 Å². The summed E-state index contributed by atoms with van der Waals surface area (Å²) in [6.45, 7) is 1.71. The van der Waals surface area contributed by atoms with Crippen molar-refractivity contribution in [1.29, 1.82) is 0 Å². The number of benzene rings is 2. The van der Waals surface area contributed by atoms with E-state index < -0.39 is 0 Å². The molecule has 0 bridgehead atoms. The molecule has 2 N–H and O–H groups in total. The Morgan fingerprint density at radius 1 is 0.842 bits per heavy atom. The van der Waals surface area contributed by atoms with E-state index in [0.717, 1.165) is 48.8 Å². The van der Waals surface area contributed by atoms with Gasteiger partial charge in [-0.2, -0.15) is 0 Å². The van der Waals surface area contributed by atoms with Gasteiger partial charge in [-0.25, -0.2) is 0 Å². The first-order chi connectivity index (χ1) is 9.40. The summed E-state index contributed by atoms with van der Waals surface area (Å²) in [7, 11) is 0. The van der Waals surface area contributed by atoms with Crippen molar-refractivity contribution in [3.63, 3.8) is 0 Å². The number of hydrogen-bond acceptors (Lipinski definition) is 3. The zero-order chi connectivity index (χ0) is 13.1. The van der Waals surface area contributed by atoms with Crippen LogP contribution in [-0.4, -0.2) is 13.1 Å². The number of nitrogens with zero attached hydrogens (tertiary/aromatic N) is 1. The third-order valence-electron chi connectivity index (χ3n) is 3.37. The lowest BCUT2D eigenvalue weighted by Gasteiger charge is -2.32. The van der Waals surface area contributed by atoms with Crippen LogP contribution in [0, 0.1) is 0 Å². The van der Waals surface area contributed by atoms with Crippen LogP contribution in [-0.2, 0) is 0 Å². The zero-order valence-corrected chi connectivity index (χ0v) is 10.9. The van der Waals surface area contributed by atoms with E-state index in [1.807, 2.05) is 36.4 Å². The van der Waals surface area contributed by atoms with E-state index >= 15 is 0 Å². The Balaban J connectivity index is 1.96. The molecule has 0 atom stereocenters. The van der Waals surface area contributed by atoms with Gasteiger partial charge < -0.3 is 15.4 Å². The van der Waals surface area contributed by atoms with Gasteiger partial charge in [0.2, 0.25) is 0 Å². The van der Waals surface area contributed by atoms with E-state index in [9.17, 15) is 0 Å². The van der Waals surface area contributed by atoms with Gasteiger partial charge in [0.15, 0.2) is 11.5 Å². The topological polar surface area (TPSA) is 38.5 Å². The summed E-state index contributed by atoms with van der Waals surface area (Å²) in [5.74, 6) is 1.85. The molecule has 0 saturated heterocycles. The van der Waals surface area contributed by atoms with E-state index in [2.05, 4.69) is 17.0 Å². The molecular weight excluding hydrogens is 236 g/mol. The fraction of sp³-hybridized carbons (Fsp3) is 0.250. The summed E-state index contributed by atoms with van der Waals surface area (Å²) in [6.07, 6.45) is 2.13. The first kappa shape index (κ1) is 12.1. The number of ether oxygens (including phenoxy) is 1. The van der Waals surface area contributed by atoms with Crippen LogP contribution in [0.5, 0.6) is 11.5 Å². The molecule has 1 aliphatic rings. The van der Waals surface area contributed by atoms with Crippen LogP contribution < -0.4 is 15.4 Å². The summed E-state index contributed by atoms with van der Waals surface area (Å²) in [5.41, 5.74) is 7.86. The molecule has 0 spiro atoms. The second-order valence-corrected chi connectivity index (χ2v) is 4.68. The Kier molecular flexibility index (Phi) is 3.38. The Hall–Kier alpha value is -2.00. The minimum atomic E-state index is 0.744. The molecule has 1 heterocycles. The first-order valence-corrected chi connectivity index (χ1v) is 6.73. The first-order valence-electron chi connectivity index (χ1n) is 6.73. The monoisotopic (exact) mass is 254 g/mol. The van der Waals surface area contributed by atoms with E-state index in [4.69, 9.17) is 10.5 Å². The number of para-hydroxylation sites is 4. The Morgan fingerprint density at radius 2 is 1.42 bits per heavy atom. The smallest absolute Gasteiger partial charge is 0.151 e. The van der Waals surface area contributed by atoms with Crippen LogP contribution >= 0.6 is 0 Å². The van der Waals surface area contributed by atoms with E-state index in [1.165, 1.54) is 0 Å². The second-order valence-electron chi connectivity index (χ2n) is 4.68. The highest BCUT2D eigenvalue weighted by molar-refractivity contribution is 5.77. The lowest BCUT2D eigenvalue weighted by atomic mass is 10.1. The molecule has 0 aliphatic carbocycles. The van der Waals surface area contributed by atoms with Crippen molar-refractivity contribution in [2.45, 2.75) is 12.8 Å². The van der Waals surface area contributed by atoms with Gasteiger partial charge in [0.25, 0.3) is 0 Å². The molecule has 2 aromatic rings. The van der Waals surface area contributed by atoms with Crippen molar-refractivity contribution in [2.24, 2.45) is 5.73 Å². The number of anilines is 2. The summed E-state index contributed by atoms with van der Waals surface area (Å²) in [6, 6.07) is 16.3. The van der Waals surface area contributed by atoms with Crippen molar-refractivity contribution in [2.75, 3.05) is 18.0 Å². The molecule has 0 aromatic heterocycles. The minimum Gasteiger partial charge on any atom is -0.453 e. The molecule has 0 radical (unpaired) electrons. The average molecular weight is 254 g/mol. The molecule has 3 nitrogen and oxygen atoms in total. The summed E-state index contributed by atoms with van der Waals surface area (Å²) in [4.78, 5) is 2.32. The third kappa shape index (κ3) is 2.29. The third-order valence-corrected chi connectivity index (χ3v) is 3.37. The standard InChI is InChI=1S/C16H18N2O/c17-11-5-6-12-18-13-7-1-3-9-15(13)19-16-10-4-2-8-14(16)18/h1-4,7-10H,5-6,11-12,17H2. The molecule has 1 aliphatic heterocycles. The molecule has 0 unspecified atom stereocenters. The van der Waals surface area contributed by atoms with Crippen LogP contribution in [0.2, 0.25) is 0 Å². The molecule has 98 valence electrons. The highest BCUT2D eigenvalue weighted by Crippen LogP contribution is 2.46. The number of hydrogen-bond donors (Lipinski definition) is 1. The van der Waals surface area contributed by atoms with Crippen LogP contribution in [0.3, 0.4) is 0 Å². The van der Waals surface area contributed by atoms with Gasteiger partial charge >= 0.3 is 0 Å². The van der Waals surface area contributed by atoms with E-state index in [-0.39, 0.29) is 0 Å². The van der Waals surface area contributed by atoms with Crippen LogP contribution in [0.1, 0.15) is 12.8 Å². The molecule has 0 saturated carbocycles. The number of rotatable bonds is 4. The summed E-state index contributed by atoms with van der Waals surface area (Å²) in [5, 5.41) is 0. The molecular formula is C16H18N2O. The minimum absolute atomic E-state index is 0.744. The molecule has 0 amide bonds. The fourth-order valence-electron chi connectivity index (χ4n) is 2.44. The Labute approximate surface area is 113 Å². The normalized spacial score (nSPS) is 12.6. The molecule has 3 heteroatoms. The zero-order valence-electron chi connectivity index (χ0n) is 10.9. The Morgan fingerprint density at radius 3 is 2.00 bits per heavy atom. The predicted octanol–water partition coefficient (Wildman–Crippen LogP) is 3.67. The maximum atomic E-state index is 5.95. The van der Waals surface area contributed by atoms with Crippen LogP contribution in [0.4, 0.5) is 11.4 Å². The molecule has 3 rings (SSSR count). The van der Waals surface area contributed by atoms with Gasteiger partial charge in [0, 0.05) is 6.54 Å². The molecule has 2 aromatic carbocycles. The Bertz CT molecular complexity index is 523. The SMILES string of the molecule is NCCCCN1c2ccccc2Oc2ccccc21. The van der Waals surface area contributed by atoms with Gasteiger partial charge in [-0.3, -0.25) is 0 Å². The lowest BCUT2D eigenvalue weighted by Crippen LogP contribution is -2.22. The van der Waals surface area contributed by atoms with E-state index in [1.54, 1.807) is 0 Å².